The molecule has 3 aromatic rings. The highest BCUT2D eigenvalue weighted by molar-refractivity contribution is 6.35. The summed E-state index contributed by atoms with van der Waals surface area (Å²) in [4.78, 5) is 23.8. The second-order valence-electron chi connectivity index (χ2n) is 6.48. The van der Waals surface area contributed by atoms with Crippen molar-refractivity contribution in [2.24, 2.45) is 0 Å². The van der Waals surface area contributed by atoms with Crippen molar-refractivity contribution in [1.82, 2.24) is 10.6 Å². The maximum absolute atomic E-state index is 11.9. The van der Waals surface area contributed by atoms with Gasteiger partial charge in [-0.3, -0.25) is 9.59 Å². The van der Waals surface area contributed by atoms with Crippen LogP contribution >= 0.6 is 0 Å². The predicted octanol–water partition coefficient (Wildman–Crippen LogP) is 2.53. The summed E-state index contributed by atoms with van der Waals surface area (Å²) in [6, 6.07) is 15.2. The van der Waals surface area contributed by atoms with Gasteiger partial charge in [-0.1, -0.05) is 24.3 Å². The van der Waals surface area contributed by atoms with Crippen LogP contribution in [0.3, 0.4) is 0 Å². The summed E-state index contributed by atoms with van der Waals surface area (Å²) in [7, 11) is 0. The van der Waals surface area contributed by atoms with Crippen molar-refractivity contribution in [1.29, 1.82) is 0 Å². The van der Waals surface area contributed by atoms with Crippen LogP contribution in [-0.2, 0) is 22.6 Å². The number of carbonyl (C=O) groups is 2. The summed E-state index contributed by atoms with van der Waals surface area (Å²) in [6.07, 6.45) is 1.37. The monoisotopic (exact) mass is 380 g/mol. The van der Waals surface area contributed by atoms with Crippen molar-refractivity contribution in [3.8, 4) is 11.5 Å². The molecular weight excluding hydrogens is 360 g/mol. The lowest BCUT2D eigenvalue weighted by Gasteiger charge is -2.07. The molecule has 2 aromatic carbocycles. The van der Waals surface area contributed by atoms with Gasteiger partial charge < -0.3 is 24.5 Å². The van der Waals surface area contributed by atoms with E-state index in [1.54, 1.807) is 12.1 Å². The molecule has 0 saturated heterocycles. The fourth-order valence-electron chi connectivity index (χ4n) is 3.02. The van der Waals surface area contributed by atoms with E-state index in [0.717, 1.165) is 22.3 Å². The third kappa shape index (κ3) is 4.09. The average Bonchev–Trinajstić information content (AvgIpc) is 3.34. The summed E-state index contributed by atoms with van der Waals surface area (Å²) in [6.45, 7) is 0.830. The molecule has 4 rings (SSSR count). The summed E-state index contributed by atoms with van der Waals surface area (Å²) >= 11 is 0. The van der Waals surface area contributed by atoms with E-state index in [2.05, 4.69) is 10.6 Å². The van der Waals surface area contributed by atoms with Gasteiger partial charge >= 0.3 is 11.8 Å². The van der Waals surface area contributed by atoms with Gasteiger partial charge in [0.05, 0.1) is 0 Å². The molecule has 0 saturated carbocycles. The highest BCUT2D eigenvalue weighted by Gasteiger charge is 2.15. The Morgan fingerprint density at radius 3 is 2.64 bits per heavy atom. The van der Waals surface area contributed by atoms with Crippen LogP contribution in [0.4, 0.5) is 0 Å². The van der Waals surface area contributed by atoms with Gasteiger partial charge in [0.15, 0.2) is 11.5 Å². The first-order chi connectivity index (χ1) is 13.7. The van der Waals surface area contributed by atoms with Crippen molar-refractivity contribution in [2.45, 2.75) is 19.4 Å². The minimum Gasteiger partial charge on any atom is -0.461 e. The van der Waals surface area contributed by atoms with Gasteiger partial charge in [0.2, 0.25) is 6.79 Å². The van der Waals surface area contributed by atoms with E-state index in [9.17, 15) is 9.59 Å². The Bertz CT molecular complexity index is 978. The summed E-state index contributed by atoms with van der Waals surface area (Å²) < 4.78 is 16.3. The standard InChI is InChI=1S/C21H20N2O5/c24-20(21(25)23-12-14-7-8-18-19(10-14)27-13-26-18)22-9-3-5-16-11-15-4-1-2-6-17(15)28-16/h1-2,4,6-8,10-11H,3,5,9,12-13H2,(H,22,24)(H,23,25). The van der Waals surface area contributed by atoms with Crippen LogP contribution in [0.1, 0.15) is 17.7 Å². The lowest BCUT2D eigenvalue weighted by Crippen LogP contribution is -2.40. The minimum absolute atomic E-state index is 0.196. The number of carbonyl (C=O) groups excluding carboxylic acids is 2. The molecule has 7 nitrogen and oxygen atoms in total. The molecule has 1 aromatic heterocycles. The zero-order valence-electron chi connectivity index (χ0n) is 15.2. The number of furan rings is 1. The molecule has 0 fully saturated rings. The van der Waals surface area contributed by atoms with Crippen LogP contribution in [0.25, 0.3) is 11.0 Å². The number of rotatable bonds is 6. The van der Waals surface area contributed by atoms with Crippen LogP contribution in [0.5, 0.6) is 11.5 Å². The number of aryl methyl sites for hydroxylation is 1. The van der Waals surface area contributed by atoms with Crippen molar-refractivity contribution in [2.75, 3.05) is 13.3 Å². The first kappa shape index (κ1) is 17.9. The normalized spacial score (nSPS) is 12.1. The van der Waals surface area contributed by atoms with Gasteiger partial charge in [0.25, 0.3) is 0 Å². The smallest absolute Gasteiger partial charge is 0.309 e. The van der Waals surface area contributed by atoms with Crippen LogP contribution in [0.15, 0.2) is 52.9 Å². The number of nitrogens with one attached hydrogen (secondary N) is 2. The first-order valence-corrected chi connectivity index (χ1v) is 9.11. The number of ether oxygens (including phenoxy) is 2. The van der Waals surface area contributed by atoms with E-state index in [0.29, 0.717) is 30.9 Å². The third-order valence-electron chi connectivity index (χ3n) is 4.46. The highest BCUT2D eigenvalue weighted by atomic mass is 16.7. The molecule has 28 heavy (non-hydrogen) atoms. The molecular formula is C21H20N2O5. The second kappa shape index (κ2) is 8.04. The van der Waals surface area contributed by atoms with Gasteiger partial charge in [-0.2, -0.15) is 0 Å². The molecule has 2 heterocycles. The number of benzene rings is 2. The summed E-state index contributed by atoms with van der Waals surface area (Å²) in [5.74, 6) is 0.869. The summed E-state index contributed by atoms with van der Waals surface area (Å²) in [5.41, 5.74) is 1.68. The SMILES string of the molecule is O=C(NCCCc1cc2ccccc2o1)C(=O)NCc1ccc2c(c1)OCO2. The molecule has 0 aliphatic carbocycles. The van der Waals surface area contributed by atoms with Crippen LogP contribution in [0, 0.1) is 0 Å². The van der Waals surface area contributed by atoms with Crippen molar-refractivity contribution >= 4 is 22.8 Å². The van der Waals surface area contributed by atoms with Crippen LogP contribution < -0.4 is 20.1 Å². The fraction of sp³-hybridized carbons (Fsp3) is 0.238. The van der Waals surface area contributed by atoms with E-state index in [4.69, 9.17) is 13.9 Å². The van der Waals surface area contributed by atoms with Crippen LogP contribution in [0.2, 0.25) is 0 Å². The van der Waals surface area contributed by atoms with Crippen molar-refractivity contribution < 1.29 is 23.5 Å². The van der Waals surface area contributed by atoms with Gasteiger partial charge in [0.1, 0.15) is 11.3 Å². The van der Waals surface area contributed by atoms with E-state index in [-0.39, 0.29) is 13.3 Å². The number of para-hydroxylation sites is 1. The topological polar surface area (TPSA) is 89.8 Å². The number of hydrogen-bond donors (Lipinski definition) is 2. The molecule has 0 unspecified atom stereocenters. The second-order valence-corrected chi connectivity index (χ2v) is 6.48. The number of fused-ring (bicyclic) bond motifs is 2. The van der Waals surface area contributed by atoms with E-state index in [1.807, 2.05) is 36.4 Å². The Balaban J connectivity index is 1.18. The third-order valence-corrected chi connectivity index (χ3v) is 4.46. The number of hydrogen-bond acceptors (Lipinski definition) is 5. The zero-order valence-corrected chi connectivity index (χ0v) is 15.2. The van der Waals surface area contributed by atoms with Gasteiger partial charge in [-0.05, 0) is 36.2 Å². The fourth-order valence-corrected chi connectivity index (χ4v) is 3.02. The molecule has 144 valence electrons. The lowest BCUT2D eigenvalue weighted by atomic mass is 10.2. The van der Waals surface area contributed by atoms with Gasteiger partial charge in [0, 0.05) is 24.9 Å². The molecule has 2 amide bonds. The minimum atomic E-state index is -0.665. The largest absolute Gasteiger partial charge is 0.461 e. The van der Waals surface area contributed by atoms with E-state index < -0.39 is 11.8 Å². The molecule has 0 spiro atoms. The maximum atomic E-state index is 11.9. The van der Waals surface area contributed by atoms with Gasteiger partial charge in [-0.15, -0.1) is 0 Å². The summed E-state index contributed by atoms with van der Waals surface area (Å²) in [5, 5.41) is 6.29. The maximum Gasteiger partial charge on any atom is 0.309 e. The van der Waals surface area contributed by atoms with Crippen molar-refractivity contribution in [3.63, 3.8) is 0 Å². The first-order valence-electron chi connectivity index (χ1n) is 9.11. The van der Waals surface area contributed by atoms with E-state index >= 15 is 0 Å². The van der Waals surface area contributed by atoms with E-state index in [1.165, 1.54) is 0 Å². The van der Waals surface area contributed by atoms with Gasteiger partial charge in [-0.25, -0.2) is 0 Å². The molecule has 1 aliphatic heterocycles. The predicted molar refractivity (Wildman–Crippen MR) is 102 cm³/mol. The van der Waals surface area contributed by atoms with Crippen molar-refractivity contribution in [3.05, 3.63) is 59.9 Å². The highest BCUT2D eigenvalue weighted by Crippen LogP contribution is 2.32. The molecule has 7 heteroatoms. The number of amides is 2. The molecule has 2 N–H and O–H groups in total. The average molecular weight is 380 g/mol. The molecule has 0 atom stereocenters. The lowest BCUT2D eigenvalue weighted by molar-refractivity contribution is -0.139. The molecule has 0 bridgehead atoms. The Hall–Kier alpha value is -3.48. The zero-order chi connectivity index (χ0) is 19.3. The Morgan fingerprint density at radius 1 is 0.929 bits per heavy atom. The molecule has 1 aliphatic rings. The Morgan fingerprint density at radius 2 is 1.75 bits per heavy atom. The Labute approximate surface area is 161 Å². The van der Waals surface area contributed by atoms with Crippen LogP contribution in [-0.4, -0.2) is 25.2 Å². The molecule has 0 radical (unpaired) electrons. The Kier molecular flexibility index (Phi) is 5.14. The quantitative estimate of drug-likeness (QED) is 0.507.